The lowest BCUT2D eigenvalue weighted by Crippen LogP contribution is -2.57. The summed E-state index contributed by atoms with van der Waals surface area (Å²) in [6.07, 6.45) is -7.92. The minimum absolute atomic E-state index is 0.0273. The van der Waals surface area contributed by atoms with E-state index in [1.807, 2.05) is 0 Å². The largest absolute Gasteiger partial charge is 0.454 e. The van der Waals surface area contributed by atoms with E-state index >= 15 is 4.39 Å². The van der Waals surface area contributed by atoms with E-state index in [1.165, 1.54) is 0 Å². The molecule has 0 unspecified atom stereocenters. The predicted octanol–water partition coefficient (Wildman–Crippen LogP) is 6.61. The van der Waals surface area contributed by atoms with Crippen LogP contribution in [0, 0.1) is 5.82 Å². The maximum absolute atomic E-state index is 16.1. The smallest absolute Gasteiger partial charge is 0.422 e. The van der Waals surface area contributed by atoms with Gasteiger partial charge in [0.25, 0.3) is 0 Å². The maximum Gasteiger partial charge on any atom is 0.422 e. The quantitative estimate of drug-likeness (QED) is 0.248. The van der Waals surface area contributed by atoms with E-state index in [0.717, 1.165) is 12.3 Å². The van der Waals surface area contributed by atoms with Crippen molar-refractivity contribution >= 4 is 40.1 Å². The van der Waals surface area contributed by atoms with Gasteiger partial charge in [-0.15, -0.1) is 0 Å². The van der Waals surface area contributed by atoms with E-state index in [-0.39, 0.29) is 42.1 Å². The van der Waals surface area contributed by atoms with Crippen LogP contribution in [0.5, 0.6) is 6.01 Å². The number of fused-ring (bicyclic) bond motifs is 3. The first-order chi connectivity index (χ1) is 20.3. The third-order valence-corrected chi connectivity index (χ3v) is 7.46. The van der Waals surface area contributed by atoms with Gasteiger partial charge in [-0.3, -0.25) is 9.88 Å². The molecule has 2 aliphatic rings. The topological polar surface area (TPSA) is 107 Å². The van der Waals surface area contributed by atoms with Crippen LogP contribution >= 0.6 is 11.6 Å². The van der Waals surface area contributed by atoms with E-state index in [4.69, 9.17) is 26.8 Å². The minimum atomic E-state index is -4.93. The lowest BCUT2D eigenvalue weighted by molar-refractivity contribution is -0.154. The van der Waals surface area contributed by atoms with Crippen LogP contribution in [-0.2, 0) is 10.9 Å². The molecule has 3 aromatic rings. The van der Waals surface area contributed by atoms with Crippen LogP contribution in [0.1, 0.15) is 39.2 Å². The summed E-state index contributed by atoms with van der Waals surface area (Å²) >= 11 is 6.01. The third-order valence-electron chi connectivity index (χ3n) is 7.05. The van der Waals surface area contributed by atoms with E-state index in [0.29, 0.717) is 18.9 Å². The number of halogens is 8. The summed E-state index contributed by atoms with van der Waals surface area (Å²) in [6.45, 7) is 3.74. The number of hydrogen-bond donors (Lipinski definition) is 1. The molecular weight excluding hydrogens is 625 g/mol. The van der Waals surface area contributed by atoms with Crippen molar-refractivity contribution in [2.75, 3.05) is 30.3 Å². The highest BCUT2D eigenvalue weighted by Gasteiger charge is 2.45. The molecule has 4 heterocycles. The average Bonchev–Trinajstić information content (AvgIpc) is 3.16. The number of carbonyl (C=O) groups excluding carboxylic acids is 1. The molecule has 0 aliphatic carbocycles. The van der Waals surface area contributed by atoms with Gasteiger partial charge < -0.3 is 20.1 Å². The van der Waals surface area contributed by atoms with Crippen molar-refractivity contribution in [3.8, 4) is 17.3 Å². The van der Waals surface area contributed by atoms with Crippen molar-refractivity contribution < 1.29 is 45.0 Å². The Bertz CT molecular complexity index is 1600. The zero-order chi connectivity index (χ0) is 32.4. The van der Waals surface area contributed by atoms with Crippen LogP contribution in [0.4, 0.5) is 47.0 Å². The van der Waals surface area contributed by atoms with Crippen LogP contribution < -0.4 is 15.4 Å². The van der Waals surface area contributed by atoms with Crippen LogP contribution in [0.15, 0.2) is 18.3 Å². The Morgan fingerprint density at radius 3 is 2.27 bits per heavy atom. The van der Waals surface area contributed by atoms with Gasteiger partial charge in [-0.05, 0) is 45.7 Å². The van der Waals surface area contributed by atoms with Crippen LogP contribution in [0.3, 0.4) is 0 Å². The normalized spacial score (nSPS) is 19.1. The zero-order valence-corrected chi connectivity index (χ0v) is 24.2. The number of hydrogen-bond acceptors (Lipinski definition) is 8. The average molecular weight is 651 g/mol. The van der Waals surface area contributed by atoms with Gasteiger partial charge >= 0.3 is 24.5 Å². The Hall–Kier alpha value is -3.82. The number of pyridine rings is 1. The lowest BCUT2D eigenvalue weighted by atomic mass is 10.0. The predicted molar refractivity (Wildman–Crippen MR) is 146 cm³/mol. The van der Waals surface area contributed by atoms with Gasteiger partial charge in [0.05, 0.1) is 28.1 Å². The van der Waals surface area contributed by atoms with Crippen LogP contribution in [-0.4, -0.2) is 69.5 Å². The van der Waals surface area contributed by atoms with Gasteiger partial charge in [-0.1, -0.05) is 11.6 Å². The van der Waals surface area contributed by atoms with Crippen molar-refractivity contribution in [3.05, 3.63) is 34.7 Å². The van der Waals surface area contributed by atoms with E-state index < -0.39 is 69.8 Å². The van der Waals surface area contributed by atoms with Gasteiger partial charge in [0, 0.05) is 30.5 Å². The first-order valence-corrected chi connectivity index (χ1v) is 13.7. The first kappa shape index (κ1) is 31.6. The Labute approximate surface area is 251 Å². The molecule has 0 spiro atoms. The zero-order valence-electron chi connectivity index (χ0n) is 23.5. The summed E-state index contributed by atoms with van der Waals surface area (Å²) in [4.78, 5) is 28.1. The molecule has 2 N–H and O–H groups in total. The van der Waals surface area contributed by atoms with Crippen molar-refractivity contribution in [3.63, 3.8) is 0 Å². The van der Waals surface area contributed by atoms with Gasteiger partial charge in [0.1, 0.15) is 22.6 Å². The molecule has 238 valence electrons. The van der Waals surface area contributed by atoms with Gasteiger partial charge in [0.15, 0.2) is 12.4 Å². The second kappa shape index (κ2) is 11.0. The molecule has 2 saturated heterocycles. The summed E-state index contributed by atoms with van der Waals surface area (Å²) in [5.74, 6) is -1.31. The summed E-state index contributed by atoms with van der Waals surface area (Å²) < 4.78 is 106. The second-order valence-corrected chi connectivity index (χ2v) is 11.9. The molecule has 17 heteroatoms. The molecule has 44 heavy (non-hydrogen) atoms. The van der Waals surface area contributed by atoms with Crippen molar-refractivity contribution in [1.82, 2.24) is 19.9 Å². The number of rotatable bonds is 4. The monoisotopic (exact) mass is 650 g/mol. The molecule has 1 amide bonds. The van der Waals surface area contributed by atoms with Crippen molar-refractivity contribution in [2.45, 2.75) is 63.7 Å². The fourth-order valence-electron chi connectivity index (χ4n) is 5.38. The Morgan fingerprint density at radius 2 is 1.70 bits per heavy atom. The van der Waals surface area contributed by atoms with E-state index in [2.05, 4.69) is 15.0 Å². The summed E-state index contributed by atoms with van der Waals surface area (Å²) in [6, 6.07) is 0.0528. The Balaban J connectivity index is 1.60. The van der Waals surface area contributed by atoms with E-state index in [1.54, 1.807) is 30.6 Å². The number of piperazine rings is 1. The molecule has 5 rings (SSSR count). The minimum Gasteiger partial charge on any atom is -0.454 e. The first-order valence-electron chi connectivity index (χ1n) is 13.3. The van der Waals surface area contributed by atoms with Crippen LogP contribution in [0.25, 0.3) is 22.2 Å². The molecule has 2 aliphatic heterocycles. The number of carbonyl (C=O) groups is 1. The molecule has 0 saturated carbocycles. The van der Waals surface area contributed by atoms with Gasteiger partial charge in [-0.25, -0.2) is 9.18 Å². The number of aromatic nitrogens is 3. The molecule has 1 aromatic carbocycles. The summed E-state index contributed by atoms with van der Waals surface area (Å²) in [5.41, 5.74) is 1.47. The fourth-order valence-corrected chi connectivity index (χ4v) is 5.68. The Morgan fingerprint density at radius 1 is 1.07 bits per heavy atom. The molecule has 2 fully saturated rings. The molecule has 2 bridgehead atoms. The third kappa shape index (κ3) is 6.35. The highest BCUT2D eigenvalue weighted by Crippen LogP contribution is 2.43. The number of anilines is 2. The maximum atomic E-state index is 16.1. The number of ether oxygens (including phenoxy) is 2. The fraction of sp³-hybridized carbons (Fsp3) is 0.481. The number of amides is 1. The molecule has 9 nitrogen and oxygen atoms in total. The number of nitrogens with zero attached hydrogens (tertiary/aromatic N) is 5. The Kier molecular flexibility index (Phi) is 7.87. The SMILES string of the molecule is CC(C)(C)OC(=O)N1[C@@H]2CC[C@H]1CN(c1nc(OCC(F)(F)F)nc3c(F)c(-c4cc(N)cc(C(F)(F)F)c4Cl)ncc13)C2. The lowest BCUT2D eigenvalue weighted by Gasteiger charge is -2.42. The standard InChI is InChI=1S/C27H26ClF7N6O3/c1-25(2,3)44-24(42)41-13-4-5-14(41)10-40(9-13)22-16-8-37-20(15-6-12(36)7-17(18(15)28)27(33,34)35)19(29)21(16)38-23(39-22)43-11-26(30,31)32/h6-8,13-14H,4-5,9-11,36H2,1-3H3/t13-,14+. The van der Waals surface area contributed by atoms with Gasteiger partial charge in [-0.2, -0.15) is 36.3 Å². The highest BCUT2D eigenvalue weighted by atomic mass is 35.5. The molecule has 2 atom stereocenters. The van der Waals surface area contributed by atoms with E-state index in [9.17, 15) is 31.1 Å². The number of nitrogen functional groups attached to an aromatic ring is 1. The number of benzene rings is 1. The molecule has 2 aromatic heterocycles. The number of alkyl halides is 6. The summed E-state index contributed by atoms with van der Waals surface area (Å²) in [7, 11) is 0. The van der Waals surface area contributed by atoms with Crippen molar-refractivity contribution in [2.24, 2.45) is 0 Å². The van der Waals surface area contributed by atoms with Crippen LogP contribution in [0.2, 0.25) is 5.02 Å². The summed E-state index contributed by atoms with van der Waals surface area (Å²) in [5, 5.41) is -0.929. The highest BCUT2D eigenvalue weighted by molar-refractivity contribution is 6.34. The van der Waals surface area contributed by atoms with Gasteiger partial charge in [0.2, 0.25) is 0 Å². The molecular formula is C27H26ClF7N6O3. The molecule has 0 radical (unpaired) electrons. The second-order valence-electron chi connectivity index (χ2n) is 11.5. The van der Waals surface area contributed by atoms with Crippen molar-refractivity contribution in [1.29, 1.82) is 0 Å². The number of nitrogens with two attached hydrogens (primary N) is 1.